The van der Waals surface area contributed by atoms with Crippen LogP contribution in [0.1, 0.15) is 28.8 Å². The van der Waals surface area contributed by atoms with E-state index >= 15 is 0 Å². The lowest BCUT2D eigenvalue weighted by Crippen LogP contribution is -2.38. The predicted octanol–water partition coefficient (Wildman–Crippen LogP) is 1.48. The molecule has 0 radical (unpaired) electrons. The van der Waals surface area contributed by atoms with Crippen LogP contribution in [0.4, 0.5) is 0 Å². The number of rotatable bonds is 5. The fourth-order valence-electron chi connectivity index (χ4n) is 2.80. The van der Waals surface area contributed by atoms with Crippen LogP contribution in [0.2, 0.25) is 0 Å². The fourth-order valence-corrected chi connectivity index (χ4v) is 2.80. The molecule has 2 heterocycles. The Morgan fingerprint density at radius 2 is 2.26 bits per heavy atom. The zero-order valence-corrected chi connectivity index (χ0v) is 13.8. The summed E-state index contributed by atoms with van der Waals surface area (Å²) < 4.78 is 1.72. The maximum absolute atomic E-state index is 12.5. The summed E-state index contributed by atoms with van der Waals surface area (Å²) in [6.07, 6.45) is 5.51. The first-order chi connectivity index (χ1) is 10.8. The zero-order valence-electron chi connectivity index (χ0n) is 12.9. The van der Waals surface area contributed by atoms with Gasteiger partial charge in [0.25, 0.3) is 5.91 Å². The van der Waals surface area contributed by atoms with Gasteiger partial charge >= 0.3 is 0 Å². The van der Waals surface area contributed by atoms with Crippen molar-refractivity contribution in [2.24, 2.45) is 5.92 Å². The molecule has 1 aliphatic heterocycles. The van der Waals surface area contributed by atoms with Gasteiger partial charge in [-0.25, -0.2) is 9.67 Å². The maximum atomic E-state index is 12.5. The Balaban J connectivity index is 0.00000192. The van der Waals surface area contributed by atoms with Gasteiger partial charge in [0.05, 0.1) is 6.54 Å². The third-order valence-corrected chi connectivity index (χ3v) is 4.01. The van der Waals surface area contributed by atoms with Gasteiger partial charge in [0.2, 0.25) is 0 Å². The quantitative estimate of drug-likeness (QED) is 0.868. The molecule has 0 aliphatic carbocycles. The molecular weight excluding hydrogens is 314 g/mol. The third kappa shape index (κ3) is 4.77. The van der Waals surface area contributed by atoms with Crippen LogP contribution in [-0.2, 0) is 6.54 Å². The zero-order chi connectivity index (χ0) is 15.2. The number of nitrogens with one attached hydrogen (secondary N) is 2. The number of halogens is 1. The first kappa shape index (κ1) is 17.4. The van der Waals surface area contributed by atoms with Crippen molar-refractivity contribution in [2.45, 2.75) is 19.4 Å². The Hall–Kier alpha value is -1.92. The van der Waals surface area contributed by atoms with Crippen LogP contribution < -0.4 is 10.6 Å². The van der Waals surface area contributed by atoms with Gasteiger partial charge in [-0.1, -0.05) is 18.2 Å². The number of aromatic nitrogens is 3. The molecule has 1 aromatic carbocycles. The molecule has 1 aliphatic rings. The Morgan fingerprint density at radius 3 is 3.00 bits per heavy atom. The summed E-state index contributed by atoms with van der Waals surface area (Å²) in [5.41, 5.74) is 1.66. The summed E-state index contributed by atoms with van der Waals surface area (Å²) >= 11 is 0. The predicted molar refractivity (Wildman–Crippen MR) is 90.7 cm³/mol. The van der Waals surface area contributed by atoms with Crippen molar-refractivity contribution in [3.63, 3.8) is 0 Å². The van der Waals surface area contributed by atoms with Crippen molar-refractivity contribution in [3.8, 4) is 0 Å². The van der Waals surface area contributed by atoms with Gasteiger partial charge in [0, 0.05) is 12.1 Å². The number of hydrogen-bond acceptors (Lipinski definition) is 4. The monoisotopic (exact) mass is 335 g/mol. The number of piperidine rings is 1. The number of carbonyl (C=O) groups excluding carboxylic acids is 1. The van der Waals surface area contributed by atoms with Gasteiger partial charge in [-0.3, -0.25) is 4.79 Å². The van der Waals surface area contributed by atoms with E-state index in [9.17, 15) is 4.79 Å². The number of hydrogen-bond donors (Lipinski definition) is 2. The molecule has 1 fully saturated rings. The smallest absolute Gasteiger partial charge is 0.251 e. The lowest BCUT2D eigenvalue weighted by Gasteiger charge is -2.23. The van der Waals surface area contributed by atoms with E-state index in [4.69, 9.17) is 0 Å². The molecule has 1 unspecified atom stereocenters. The normalized spacial score (nSPS) is 17.3. The van der Waals surface area contributed by atoms with Crippen LogP contribution in [-0.4, -0.2) is 40.3 Å². The lowest BCUT2D eigenvalue weighted by atomic mass is 9.99. The Labute approximate surface area is 142 Å². The van der Waals surface area contributed by atoms with Crippen LogP contribution in [0.3, 0.4) is 0 Å². The van der Waals surface area contributed by atoms with E-state index in [1.165, 1.54) is 19.2 Å². The van der Waals surface area contributed by atoms with Gasteiger partial charge in [0.15, 0.2) is 0 Å². The molecule has 1 amide bonds. The van der Waals surface area contributed by atoms with Gasteiger partial charge < -0.3 is 10.6 Å². The average molecular weight is 336 g/mol. The molecule has 7 heteroatoms. The van der Waals surface area contributed by atoms with Crippen molar-refractivity contribution < 1.29 is 4.79 Å². The van der Waals surface area contributed by atoms with E-state index in [0.29, 0.717) is 18.0 Å². The summed E-state index contributed by atoms with van der Waals surface area (Å²) in [6.45, 7) is 3.35. The van der Waals surface area contributed by atoms with Gasteiger partial charge in [0.1, 0.15) is 12.7 Å². The molecule has 1 saturated heterocycles. The number of benzene rings is 1. The SMILES string of the molecule is Cl.O=C(NCC1CCCNC1)c1ccccc1Cn1cncn1. The van der Waals surface area contributed by atoms with Crippen molar-refractivity contribution in [2.75, 3.05) is 19.6 Å². The van der Waals surface area contributed by atoms with Gasteiger partial charge in [-0.05, 0) is 43.5 Å². The highest BCUT2D eigenvalue weighted by Crippen LogP contribution is 2.12. The minimum absolute atomic E-state index is 0. The van der Waals surface area contributed by atoms with E-state index in [2.05, 4.69) is 20.7 Å². The minimum Gasteiger partial charge on any atom is -0.352 e. The topological polar surface area (TPSA) is 71.8 Å². The minimum atomic E-state index is -0.0127. The second-order valence-electron chi connectivity index (χ2n) is 5.67. The Bertz CT molecular complexity index is 611. The standard InChI is InChI=1S/C16H21N5O.ClH/c22-16(19-9-13-4-3-7-17-8-13)15-6-2-1-5-14(15)10-21-12-18-11-20-21;/h1-2,5-6,11-13,17H,3-4,7-10H2,(H,19,22);1H. The molecule has 1 atom stereocenters. The van der Waals surface area contributed by atoms with Crippen LogP contribution in [0, 0.1) is 5.92 Å². The molecule has 2 aromatic rings. The van der Waals surface area contributed by atoms with E-state index < -0.39 is 0 Å². The van der Waals surface area contributed by atoms with E-state index in [1.54, 1.807) is 11.0 Å². The van der Waals surface area contributed by atoms with Crippen molar-refractivity contribution >= 4 is 18.3 Å². The highest BCUT2D eigenvalue weighted by Gasteiger charge is 2.16. The molecule has 0 saturated carbocycles. The molecule has 124 valence electrons. The Kier molecular flexibility index (Phi) is 6.55. The Morgan fingerprint density at radius 1 is 1.39 bits per heavy atom. The number of amides is 1. The van der Waals surface area contributed by atoms with E-state index in [-0.39, 0.29) is 18.3 Å². The molecule has 1 aromatic heterocycles. The summed E-state index contributed by atoms with van der Waals surface area (Å²) in [5.74, 6) is 0.515. The van der Waals surface area contributed by atoms with Crippen LogP contribution in [0.15, 0.2) is 36.9 Å². The van der Waals surface area contributed by atoms with Gasteiger partial charge in [-0.15, -0.1) is 12.4 Å². The molecule has 2 N–H and O–H groups in total. The molecule has 23 heavy (non-hydrogen) atoms. The highest BCUT2D eigenvalue weighted by atomic mass is 35.5. The molecule has 0 spiro atoms. The van der Waals surface area contributed by atoms with Gasteiger partial charge in [-0.2, -0.15) is 5.10 Å². The summed E-state index contributed by atoms with van der Waals surface area (Å²) in [4.78, 5) is 16.4. The highest BCUT2D eigenvalue weighted by molar-refractivity contribution is 5.95. The van der Waals surface area contributed by atoms with Crippen LogP contribution >= 0.6 is 12.4 Å². The molecule has 3 rings (SSSR count). The van der Waals surface area contributed by atoms with Crippen LogP contribution in [0.5, 0.6) is 0 Å². The third-order valence-electron chi connectivity index (χ3n) is 4.01. The summed E-state index contributed by atoms with van der Waals surface area (Å²) in [6, 6.07) is 7.65. The van der Waals surface area contributed by atoms with E-state index in [1.807, 2.05) is 24.3 Å². The van der Waals surface area contributed by atoms with Crippen molar-refractivity contribution in [3.05, 3.63) is 48.0 Å². The van der Waals surface area contributed by atoms with Crippen LogP contribution in [0.25, 0.3) is 0 Å². The second-order valence-corrected chi connectivity index (χ2v) is 5.67. The summed E-state index contributed by atoms with van der Waals surface area (Å²) in [5, 5.41) is 10.5. The lowest BCUT2D eigenvalue weighted by molar-refractivity contribution is 0.0943. The molecular formula is C16H22ClN5O. The largest absolute Gasteiger partial charge is 0.352 e. The first-order valence-corrected chi connectivity index (χ1v) is 7.72. The second kappa shape index (κ2) is 8.64. The fraction of sp³-hybridized carbons (Fsp3) is 0.438. The van der Waals surface area contributed by atoms with E-state index in [0.717, 1.165) is 25.2 Å². The maximum Gasteiger partial charge on any atom is 0.251 e. The summed E-state index contributed by atoms with van der Waals surface area (Å²) in [7, 11) is 0. The molecule has 0 bridgehead atoms. The number of nitrogens with zero attached hydrogens (tertiary/aromatic N) is 3. The average Bonchev–Trinajstić information content (AvgIpc) is 3.07. The van der Waals surface area contributed by atoms with Crippen molar-refractivity contribution in [1.29, 1.82) is 0 Å². The molecule has 6 nitrogen and oxygen atoms in total. The first-order valence-electron chi connectivity index (χ1n) is 7.72. The van der Waals surface area contributed by atoms with Crippen molar-refractivity contribution in [1.82, 2.24) is 25.4 Å². The number of carbonyl (C=O) groups is 1.